The van der Waals surface area contributed by atoms with Crippen molar-refractivity contribution in [1.29, 1.82) is 0 Å². The van der Waals surface area contributed by atoms with Gasteiger partial charge in [0.1, 0.15) is 11.5 Å². The lowest BCUT2D eigenvalue weighted by Crippen LogP contribution is -2.31. The minimum absolute atomic E-state index is 0.131. The van der Waals surface area contributed by atoms with Crippen molar-refractivity contribution in [2.75, 3.05) is 5.32 Å². The Balaban J connectivity index is 1.79. The molecular formula is C33H33NO8S2. The van der Waals surface area contributed by atoms with Crippen molar-refractivity contribution in [1.82, 2.24) is 0 Å². The lowest BCUT2D eigenvalue weighted by molar-refractivity contribution is 0.102. The molecule has 0 bridgehead atoms. The van der Waals surface area contributed by atoms with Gasteiger partial charge in [-0.05, 0) is 81.4 Å². The van der Waals surface area contributed by atoms with E-state index in [4.69, 9.17) is 4.74 Å². The van der Waals surface area contributed by atoms with Gasteiger partial charge in [0.05, 0.1) is 15.4 Å². The minimum atomic E-state index is -4.60. The number of carbonyl (C=O) groups excluding carboxylic acids is 1. The molecule has 0 saturated carbocycles. The van der Waals surface area contributed by atoms with Crippen LogP contribution in [0.15, 0.2) is 82.6 Å². The second-order valence-corrected chi connectivity index (χ2v) is 13.8. The zero-order valence-corrected chi connectivity index (χ0v) is 26.3. The third-order valence-electron chi connectivity index (χ3n) is 7.11. The fraction of sp³-hybridized carbons (Fsp3) is 0.182. The molecule has 3 N–H and O–H groups in total. The summed E-state index contributed by atoms with van der Waals surface area (Å²) < 4.78 is 71.9. The molecule has 0 fully saturated rings. The summed E-state index contributed by atoms with van der Waals surface area (Å²) >= 11 is 0. The van der Waals surface area contributed by atoms with E-state index in [2.05, 4.69) is 18.5 Å². The van der Waals surface area contributed by atoms with Crippen molar-refractivity contribution in [3.8, 4) is 22.6 Å². The fourth-order valence-electron chi connectivity index (χ4n) is 4.76. The lowest BCUT2D eigenvalue weighted by Gasteiger charge is -2.20. The molecule has 0 aliphatic heterocycles. The second kappa shape index (κ2) is 12.4. The average Bonchev–Trinajstić information content (AvgIpc) is 2.93. The molecule has 0 saturated heterocycles. The van der Waals surface area contributed by atoms with Crippen LogP contribution in [0.3, 0.4) is 0 Å². The molecule has 230 valence electrons. The molecular weight excluding hydrogens is 602 g/mol. The predicted molar refractivity (Wildman–Crippen MR) is 171 cm³/mol. The molecule has 0 unspecified atom stereocenters. The Hall–Kier alpha value is -4.29. The van der Waals surface area contributed by atoms with E-state index in [9.17, 15) is 30.7 Å². The number of carbonyl (C=O) groups is 1. The summed E-state index contributed by atoms with van der Waals surface area (Å²) in [6.45, 7) is 16.2. The van der Waals surface area contributed by atoms with Gasteiger partial charge in [0.25, 0.3) is 26.1 Å². The van der Waals surface area contributed by atoms with Gasteiger partial charge in [-0.1, -0.05) is 71.2 Å². The van der Waals surface area contributed by atoms with Crippen LogP contribution in [-0.4, -0.2) is 31.8 Å². The van der Waals surface area contributed by atoms with E-state index in [1.165, 1.54) is 24.3 Å². The molecule has 0 aromatic heterocycles. The van der Waals surface area contributed by atoms with E-state index < -0.39 is 31.0 Å². The highest BCUT2D eigenvalue weighted by Gasteiger charge is 2.20. The van der Waals surface area contributed by atoms with E-state index in [0.717, 1.165) is 41.1 Å². The molecule has 0 aliphatic rings. The van der Waals surface area contributed by atoms with Gasteiger partial charge in [-0.25, -0.2) is 0 Å². The third kappa shape index (κ3) is 7.08. The summed E-state index contributed by atoms with van der Waals surface area (Å²) in [7, 11) is -9.07. The van der Waals surface area contributed by atoms with Crippen molar-refractivity contribution >= 4 is 45.0 Å². The maximum atomic E-state index is 13.7. The van der Waals surface area contributed by atoms with Gasteiger partial charge in [-0.15, -0.1) is 0 Å². The summed E-state index contributed by atoms with van der Waals surface area (Å²) in [6.07, 6.45) is 0. The zero-order valence-electron chi connectivity index (χ0n) is 24.7. The number of nitrogens with one attached hydrogen (secondary N) is 1. The highest BCUT2D eigenvalue weighted by Crippen LogP contribution is 2.36. The Bertz CT molecular complexity index is 2040. The first-order valence-electron chi connectivity index (χ1n) is 13.6. The second-order valence-electron chi connectivity index (χ2n) is 10.9. The van der Waals surface area contributed by atoms with Gasteiger partial charge in [0.15, 0.2) is 0 Å². The molecule has 0 atom stereocenters. The Kier molecular flexibility index (Phi) is 9.17. The Morgan fingerprint density at radius 1 is 0.773 bits per heavy atom. The van der Waals surface area contributed by atoms with Crippen LogP contribution in [-0.2, 0) is 20.2 Å². The first kappa shape index (κ1) is 32.6. The number of para-hydroxylation sites is 1. The number of benzene rings is 4. The van der Waals surface area contributed by atoms with Crippen LogP contribution in [0.4, 0.5) is 5.69 Å². The number of hydrogen-bond acceptors (Lipinski definition) is 6. The van der Waals surface area contributed by atoms with E-state index in [-0.39, 0.29) is 39.4 Å². The first-order chi connectivity index (χ1) is 20.5. The number of rotatable bonds is 9. The van der Waals surface area contributed by atoms with E-state index in [1.807, 2.05) is 45.9 Å². The molecule has 0 aliphatic carbocycles. The Morgan fingerprint density at radius 2 is 1.32 bits per heavy atom. The Morgan fingerprint density at radius 3 is 1.84 bits per heavy atom. The van der Waals surface area contributed by atoms with Crippen molar-refractivity contribution in [3.63, 3.8) is 0 Å². The SMILES string of the molecule is C=c1cc(Oc2ccc(S(=O)(=O)O)cc2-c2ccc(S(=O)(=O)O)cc2)cc(C(=O)Nc2c(C(C)C)cccc2C(C)C)c1=C. The summed E-state index contributed by atoms with van der Waals surface area (Å²) in [4.78, 5) is 12.9. The Labute approximate surface area is 257 Å². The van der Waals surface area contributed by atoms with Gasteiger partial charge in [-0.3, -0.25) is 13.9 Å². The van der Waals surface area contributed by atoms with Crippen molar-refractivity contribution in [2.24, 2.45) is 0 Å². The van der Waals surface area contributed by atoms with Crippen LogP contribution in [0.5, 0.6) is 11.5 Å². The number of hydrogen-bond donors (Lipinski definition) is 3. The quantitative estimate of drug-likeness (QED) is 0.191. The number of amides is 1. The zero-order chi connectivity index (χ0) is 32.6. The largest absolute Gasteiger partial charge is 0.457 e. The van der Waals surface area contributed by atoms with Gasteiger partial charge in [0.2, 0.25) is 0 Å². The first-order valence-corrected chi connectivity index (χ1v) is 16.5. The van der Waals surface area contributed by atoms with E-state index in [1.54, 1.807) is 6.07 Å². The normalized spacial score (nSPS) is 12.0. The molecule has 4 aromatic rings. The van der Waals surface area contributed by atoms with Crippen LogP contribution in [0.1, 0.15) is 61.0 Å². The minimum Gasteiger partial charge on any atom is -0.457 e. The lowest BCUT2D eigenvalue weighted by atomic mass is 9.92. The van der Waals surface area contributed by atoms with Crippen LogP contribution in [0.25, 0.3) is 24.3 Å². The molecule has 9 nitrogen and oxygen atoms in total. The van der Waals surface area contributed by atoms with E-state index in [0.29, 0.717) is 16.0 Å². The maximum absolute atomic E-state index is 13.7. The topological polar surface area (TPSA) is 147 Å². The third-order valence-corrected chi connectivity index (χ3v) is 8.83. The number of anilines is 1. The molecule has 44 heavy (non-hydrogen) atoms. The van der Waals surface area contributed by atoms with Gasteiger partial charge in [-0.2, -0.15) is 16.8 Å². The molecule has 11 heteroatoms. The highest BCUT2D eigenvalue weighted by atomic mass is 32.2. The van der Waals surface area contributed by atoms with Crippen LogP contribution in [0.2, 0.25) is 0 Å². The standard InChI is InChI=1S/C33H33NO8S2/c1-19(2)27-8-7-9-28(20(3)4)32(27)34-33(35)29-17-24(16-21(5)22(29)6)42-31-15-14-26(44(39,40)41)18-30(31)23-10-12-25(13-11-23)43(36,37)38/h7-20H,5-6H2,1-4H3,(H,34,35)(H,36,37,38)(H,39,40,41). The maximum Gasteiger partial charge on any atom is 0.294 e. The van der Waals surface area contributed by atoms with Crippen molar-refractivity contribution in [2.45, 2.75) is 49.3 Å². The summed E-state index contributed by atoms with van der Waals surface area (Å²) in [6, 6.07) is 17.6. The fourth-order valence-corrected chi connectivity index (χ4v) is 5.74. The predicted octanol–water partition coefficient (Wildman–Crippen LogP) is 5.96. The average molecular weight is 636 g/mol. The van der Waals surface area contributed by atoms with E-state index >= 15 is 0 Å². The smallest absolute Gasteiger partial charge is 0.294 e. The summed E-state index contributed by atoms with van der Waals surface area (Å²) in [5.41, 5.74) is 3.43. The van der Waals surface area contributed by atoms with Crippen LogP contribution >= 0.6 is 0 Å². The van der Waals surface area contributed by atoms with Gasteiger partial charge in [0, 0.05) is 11.3 Å². The van der Waals surface area contributed by atoms with Crippen LogP contribution < -0.4 is 20.5 Å². The number of ether oxygens (including phenoxy) is 1. The molecule has 0 spiro atoms. The summed E-state index contributed by atoms with van der Waals surface area (Å²) in [5.74, 6) is 0.216. The molecule has 0 heterocycles. The van der Waals surface area contributed by atoms with Crippen molar-refractivity contribution < 1.29 is 35.5 Å². The molecule has 4 rings (SSSR count). The van der Waals surface area contributed by atoms with Crippen LogP contribution in [0, 0.1) is 0 Å². The molecule has 0 radical (unpaired) electrons. The molecule has 1 amide bonds. The van der Waals surface area contributed by atoms with Gasteiger partial charge >= 0.3 is 0 Å². The highest BCUT2D eigenvalue weighted by molar-refractivity contribution is 7.86. The van der Waals surface area contributed by atoms with Crippen molar-refractivity contribution in [3.05, 3.63) is 99.9 Å². The summed E-state index contributed by atoms with van der Waals surface area (Å²) in [5, 5.41) is 3.88. The van der Waals surface area contributed by atoms with Gasteiger partial charge < -0.3 is 10.1 Å². The monoisotopic (exact) mass is 635 g/mol. The molecule has 4 aromatic carbocycles.